The number of carbonyl (C=O) groups is 1. The number of hydrogen-bond acceptors (Lipinski definition) is 5. The number of aromatic nitrogens is 3. The second-order valence-corrected chi connectivity index (χ2v) is 7.85. The Labute approximate surface area is 135 Å². The molecular formula is C13H23N5O4S. The number of aryl methyl sites for hydroxylation is 1. The Kier molecular flexibility index (Phi) is 5.94. The minimum Gasteiger partial charge on any atom is -0.356 e. The molecule has 1 fully saturated rings. The lowest BCUT2D eigenvalue weighted by Gasteiger charge is -2.30. The maximum Gasteiger partial charge on any atom is 0.343 e. The van der Waals surface area contributed by atoms with Crippen LogP contribution in [0.2, 0.25) is 0 Å². The van der Waals surface area contributed by atoms with Crippen molar-refractivity contribution < 1.29 is 13.2 Å². The average Bonchev–Trinajstić information content (AvgIpc) is 2.96. The van der Waals surface area contributed by atoms with E-state index >= 15 is 0 Å². The highest BCUT2D eigenvalue weighted by molar-refractivity contribution is 7.89. The van der Waals surface area contributed by atoms with Gasteiger partial charge in [0.15, 0.2) is 0 Å². The van der Waals surface area contributed by atoms with Gasteiger partial charge in [-0.25, -0.2) is 22.6 Å². The Morgan fingerprint density at radius 2 is 2.30 bits per heavy atom. The summed E-state index contributed by atoms with van der Waals surface area (Å²) in [6.07, 6.45) is 3.41. The van der Waals surface area contributed by atoms with E-state index in [1.807, 2.05) is 0 Å². The second kappa shape index (κ2) is 7.73. The number of sulfonamides is 1. The fourth-order valence-electron chi connectivity index (χ4n) is 2.63. The maximum absolute atomic E-state index is 12.2. The first kappa shape index (κ1) is 17.7. The molecular weight excluding hydrogens is 322 g/mol. The number of amides is 1. The molecule has 1 atom stereocenters. The van der Waals surface area contributed by atoms with E-state index in [0.29, 0.717) is 38.9 Å². The molecule has 0 radical (unpaired) electrons. The number of piperidine rings is 1. The fraction of sp³-hybridized carbons (Fsp3) is 0.769. The van der Waals surface area contributed by atoms with Crippen molar-refractivity contribution in [2.45, 2.75) is 32.7 Å². The highest BCUT2D eigenvalue weighted by atomic mass is 32.2. The lowest BCUT2D eigenvalue weighted by Crippen LogP contribution is -2.46. The van der Waals surface area contributed by atoms with Gasteiger partial charge < -0.3 is 5.32 Å². The Balaban J connectivity index is 1.77. The molecule has 23 heavy (non-hydrogen) atoms. The molecule has 1 unspecified atom stereocenters. The first-order chi connectivity index (χ1) is 10.9. The molecule has 0 spiro atoms. The Morgan fingerprint density at radius 3 is 2.96 bits per heavy atom. The summed E-state index contributed by atoms with van der Waals surface area (Å²) in [5, 5.41) is 8.74. The monoisotopic (exact) mass is 345 g/mol. The molecule has 2 N–H and O–H groups in total. The van der Waals surface area contributed by atoms with Gasteiger partial charge in [0.25, 0.3) is 0 Å². The number of aromatic amines is 1. The van der Waals surface area contributed by atoms with Gasteiger partial charge in [-0.1, -0.05) is 0 Å². The Morgan fingerprint density at radius 1 is 1.52 bits per heavy atom. The van der Waals surface area contributed by atoms with E-state index in [1.54, 1.807) is 6.92 Å². The summed E-state index contributed by atoms with van der Waals surface area (Å²) in [6, 6.07) is 0. The van der Waals surface area contributed by atoms with E-state index in [9.17, 15) is 18.0 Å². The molecule has 10 heteroatoms. The maximum atomic E-state index is 12.2. The lowest BCUT2D eigenvalue weighted by molar-refractivity contribution is -0.126. The van der Waals surface area contributed by atoms with E-state index < -0.39 is 10.0 Å². The third kappa shape index (κ3) is 4.64. The molecule has 0 saturated carbocycles. The molecule has 9 nitrogen and oxygen atoms in total. The predicted molar refractivity (Wildman–Crippen MR) is 84.2 cm³/mol. The predicted octanol–water partition coefficient (Wildman–Crippen LogP) is -0.861. The van der Waals surface area contributed by atoms with Gasteiger partial charge in [-0.3, -0.25) is 9.36 Å². The SMILES string of the molecule is CCS(=O)(=O)N1CCCC(C(=O)NCCCn2cn[nH]c2=O)C1. The van der Waals surface area contributed by atoms with Crippen LogP contribution in [0.25, 0.3) is 0 Å². The first-order valence-corrected chi connectivity index (χ1v) is 9.40. The van der Waals surface area contributed by atoms with Crippen LogP contribution in [0.5, 0.6) is 0 Å². The van der Waals surface area contributed by atoms with Crippen molar-refractivity contribution in [2.75, 3.05) is 25.4 Å². The zero-order chi connectivity index (χ0) is 16.9. The van der Waals surface area contributed by atoms with Gasteiger partial charge in [-0.05, 0) is 26.2 Å². The quantitative estimate of drug-likeness (QED) is 0.624. The first-order valence-electron chi connectivity index (χ1n) is 7.79. The van der Waals surface area contributed by atoms with Gasteiger partial charge in [0.2, 0.25) is 15.9 Å². The van der Waals surface area contributed by atoms with Crippen LogP contribution in [0.1, 0.15) is 26.2 Å². The fourth-order valence-corrected chi connectivity index (χ4v) is 3.81. The van der Waals surface area contributed by atoms with E-state index in [-0.39, 0.29) is 29.8 Å². The van der Waals surface area contributed by atoms with Crippen molar-refractivity contribution in [3.05, 3.63) is 16.8 Å². The minimum atomic E-state index is -3.24. The van der Waals surface area contributed by atoms with Crippen LogP contribution >= 0.6 is 0 Å². The number of hydrogen-bond donors (Lipinski definition) is 2. The smallest absolute Gasteiger partial charge is 0.343 e. The van der Waals surface area contributed by atoms with Crippen LogP contribution in [-0.2, 0) is 21.4 Å². The van der Waals surface area contributed by atoms with Gasteiger partial charge in [0.1, 0.15) is 6.33 Å². The molecule has 0 aromatic carbocycles. The van der Waals surface area contributed by atoms with Crippen molar-refractivity contribution in [2.24, 2.45) is 5.92 Å². The van der Waals surface area contributed by atoms with E-state index in [0.717, 1.165) is 0 Å². The Hall–Kier alpha value is -1.68. The standard InChI is InChI=1S/C13H23N5O4S/c1-2-23(21,22)18-8-3-5-11(9-18)12(19)14-6-4-7-17-10-15-16-13(17)20/h10-11H,2-9H2,1H3,(H,14,19)(H,16,20). The summed E-state index contributed by atoms with van der Waals surface area (Å²) < 4.78 is 26.6. The molecule has 2 heterocycles. The summed E-state index contributed by atoms with van der Waals surface area (Å²) in [5.74, 6) is -0.372. The Bertz CT molecular complexity index is 681. The van der Waals surface area contributed by atoms with Crippen LogP contribution in [0.4, 0.5) is 0 Å². The van der Waals surface area contributed by atoms with Crippen LogP contribution < -0.4 is 11.0 Å². The summed E-state index contributed by atoms with van der Waals surface area (Å²) >= 11 is 0. The van der Waals surface area contributed by atoms with Gasteiger partial charge in [-0.2, -0.15) is 5.10 Å². The molecule has 1 amide bonds. The van der Waals surface area contributed by atoms with Gasteiger partial charge in [0.05, 0.1) is 11.7 Å². The van der Waals surface area contributed by atoms with Crippen molar-refractivity contribution >= 4 is 15.9 Å². The molecule has 0 aliphatic carbocycles. The number of rotatable bonds is 7. The molecule has 2 rings (SSSR count). The lowest BCUT2D eigenvalue weighted by atomic mass is 9.99. The van der Waals surface area contributed by atoms with Crippen molar-refractivity contribution in [3.63, 3.8) is 0 Å². The van der Waals surface area contributed by atoms with Crippen molar-refractivity contribution in [1.82, 2.24) is 24.4 Å². The molecule has 1 aromatic heterocycles. The number of carbonyl (C=O) groups excluding carboxylic acids is 1. The number of H-pyrrole nitrogens is 1. The topological polar surface area (TPSA) is 117 Å². The highest BCUT2D eigenvalue weighted by Gasteiger charge is 2.31. The third-order valence-electron chi connectivity index (χ3n) is 4.01. The molecule has 130 valence electrons. The number of nitrogens with zero attached hydrogens (tertiary/aromatic N) is 3. The van der Waals surface area contributed by atoms with Crippen molar-refractivity contribution in [3.8, 4) is 0 Å². The van der Waals surface area contributed by atoms with E-state index in [2.05, 4.69) is 15.5 Å². The van der Waals surface area contributed by atoms with E-state index in [4.69, 9.17) is 0 Å². The van der Waals surface area contributed by atoms with Crippen LogP contribution in [0.3, 0.4) is 0 Å². The van der Waals surface area contributed by atoms with Crippen LogP contribution in [0.15, 0.2) is 11.1 Å². The zero-order valence-corrected chi connectivity index (χ0v) is 14.0. The average molecular weight is 345 g/mol. The molecule has 1 aromatic rings. The largest absolute Gasteiger partial charge is 0.356 e. The van der Waals surface area contributed by atoms with Crippen LogP contribution in [0, 0.1) is 5.92 Å². The molecule has 0 bridgehead atoms. The third-order valence-corrected chi connectivity index (χ3v) is 5.85. The second-order valence-electron chi connectivity index (χ2n) is 5.60. The van der Waals surface area contributed by atoms with E-state index in [1.165, 1.54) is 15.2 Å². The highest BCUT2D eigenvalue weighted by Crippen LogP contribution is 2.19. The summed E-state index contributed by atoms with van der Waals surface area (Å²) in [7, 11) is -3.24. The summed E-state index contributed by atoms with van der Waals surface area (Å²) in [4.78, 5) is 23.4. The molecule has 1 saturated heterocycles. The number of nitrogens with one attached hydrogen (secondary N) is 2. The molecule has 1 aliphatic rings. The van der Waals surface area contributed by atoms with Crippen LogP contribution in [-0.4, -0.2) is 58.8 Å². The zero-order valence-electron chi connectivity index (χ0n) is 13.2. The normalized spacial score (nSPS) is 19.6. The summed E-state index contributed by atoms with van der Waals surface area (Å²) in [6.45, 7) is 3.26. The van der Waals surface area contributed by atoms with Crippen molar-refractivity contribution in [1.29, 1.82) is 0 Å². The van der Waals surface area contributed by atoms with Gasteiger partial charge >= 0.3 is 5.69 Å². The molecule has 1 aliphatic heterocycles. The van der Waals surface area contributed by atoms with Gasteiger partial charge in [0, 0.05) is 26.2 Å². The summed E-state index contributed by atoms with van der Waals surface area (Å²) in [5.41, 5.74) is -0.274. The van der Waals surface area contributed by atoms with Gasteiger partial charge in [-0.15, -0.1) is 0 Å². The minimum absolute atomic E-state index is 0.0563.